The highest BCUT2D eigenvalue weighted by atomic mass is 16.5. The lowest BCUT2D eigenvalue weighted by molar-refractivity contribution is 0.0638. The van der Waals surface area contributed by atoms with Gasteiger partial charge in [-0.3, -0.25) is 4.90 Å². The van der Waals surface area contributed by atoms with Crippen LogP contribution in [-0.4, -0.2) is 45.8 Å². The Morgan fingerprint density at radius 3 is 2.67 bits per heavy atom. The predicted molar refractivity (Wildman–Crippen MR) is 104 cm³/mol. The molecule has 1 aliphatic rings. The van der Waals surface area contributed by atoms with Crippen LogP contribution < -0.4 is 4.74 Å². The predicted octanol–water partition coefficient (Wildman–Crippen LogP) is 2.94. The average Bonchev–Trinajstić information content (AvgIpc) is 2.73. The molecule has 0 spiro atoms. The third kappa shape index (κ3) is 4.51. The number of benzene rings is 2. The lowest BCUT2D eigenvalue weighted by Gasteiger charge is -2.30. The van der Waals surface area contributed by atoms with Gasteiger partial charge in [-0.2, -0.15) is 0 Å². The number of ether oxygens (including phenoxy) is 1. The summed E-state index contributed by atoms with van der Waals surface area (Å²) in [6.07, 6.45) is 5.56. The van der Waals surface area contributed by atoms with Crippen molar-refractivity contribution in [3.8, 4) is 16.9 Å². The fraction of sp³-hybridized carbons (Fsp3) is 0.273. The van der Waals surface area contributed by atoms with Gasteiger partial charge in [0.25, 0.3) is 0 Å². The fourth-order valence-corrected chi connectivity index (χ4v) is 3.47. The van der Waals surface area contributed by atoms with Gasteiger partial charge in [0.2, 0.25) is 0 Å². The number of aliphatic hydroxyl groups excluding tert-OH is 1. The van der Waals surface area contributed by atoms with E-state index in [2.05, 4.69) is 39.1 Å². The fourth-order valence-electron chi connectivity index (χ4n) is 3.47. The maximum absolute atomic E-state index is 10.4. The molecule has 0 fully saturated rings. The van der Waals surface area contributed by atoms with Gasteiger partial charge >= 0.3 is 0 Å². The normalized spacial score (nSPS) is 15.1. The molecule has 4 rings (SSSR count). The second-order valence-electron chi connectivity index (χ2n) is 6.87. The summed E-state index contributed by atoms with van der Waals surface area (Å²) in [5, 5.41) is 10.4. The summed E-state index contributed by atoms with van der Waals surface area (Å²) >= 11 is 0. The van der Waals surface area contributed by atoms with Crippen LogP contribution >= 0.6 is 0 Å². The minimum atomic E-state index is -0.529. The molecule has 0 radical (unpaired) electrons. The van der Waals surface area contributed by atoms with Crippen molar-refractivity contribution in [3.05, 3.63) is 78.4 Å². The van der Waals surface area contributed by atoms with Gasteiger partial charge in [-0.1, -0.05) is 36.4 Å². The molecule has 3 aromatic rings. The number of rotatable bonds is 6. The quantitative estimate of drug-likeness (QED) is 0.732. The third-order valence-corrected chi connectivity index (χ3v) is 4.85. The van der Waals surface area contributed by atoms with Crippen molar-refractivity contribution in [2.75, 3.05) is 19.7 Å². The number of fused-ring (bicyclic) bond motifs is 1. The molecule has 1 atom stereocenters. The SMILES string of the molecule is OC(COc1cccc(-c2cncnc2)c1)CN1CCc2ccccc2C1. The first-order valence-electron chi connectivity index (χ1n) is 9.23. The Balaban J connectivity index is 1.32. The zero-order valence-electron chi connectivity index (χ0n) is 15.2. The van der Waals surface area contributed by atoms with Gasteiger partial charge in [-0.25, -0.2) is 9.97 Å². The first-order valence-corrected chi connectivity index (χ1v) is 9.23. The Hall–Kier alpha value is -2.76. The van der Waals surface area contributed by atoms with Crippen molar-refractivity contribution in [2.24, 2.45) is 0 Å². The van der Waals surface area contributed by atoms with E-state index >= 15 is 0 Å². The first kappa shape index (κ1) is 17.6. The second-order valence-corrected chi connectivity index (χ2v) is 6.87. The molecule has 2 heterocycles. The van der Waals surface area contributed by atoms with Gasteiger partial charge in [0.15, 0.2) is 0 Å². The Kier molecular flexibility index (Phi) is 5.42. The molecule has 2 aromatic carbocycles. The molecular formula is C22H23N3O2. The Morgan fingerprint density at radius 2 is 1.81 bits per heavy atom. The lowest BCUT2D eigenvalue weighted by atomic mass is 10.00. The summed E-state index contributed by atoms with van der Waals surface area (Å²) in [5.41, 5.74) is 4.71. The summed E-state index contributed by atoms with van der Waals surface area (Å²) in [7, 11) is 0. The molecule has 0 saturated carbocycles. The summed E-state index contributed by atoms with van der Waals surface area (Å²) in [5.74, 6) is 0.736. The highest BCUT2D eigenvalue weighted by Gasteiger charge is 2.18. The number of hydrogen-bond acceptors (Lipinski definition) is 5. The van der Waals surface area contributed by atoms with Crippen LogP contribution in [0.2, 0.25) is 0 Å². The van der Waals surface area contributed by atoms with Gasteiger partial charge in [0.1, 0.15) is 24.8 Å². The Morgan fingerprint density at radius 1 is 1.00 bits per heavy atom. The number of aliphatic hydroxyl groups is 1. The number of aromatic nitrogens is 2. The summed E-state index contributed by atoms with van der Waals surface area (Å²) < 4.78 is 5.82. The lowest BCUT2D eigenvalue weighted by Crippen LogP contribution is -2.38. The van der Waals surface area contributed by atoms with Gasteiger partial charge < -0.3 is 9.84 Å². The largest absolute Gasteiger partial charge is 0.491 e. The molecule has 5 nitrogen and oxygen atoms in total. The number of hydrogen-bond donors (Lipinski definition) is 1. The van der Waals surface area contributed by atoms with Crippen LogP contribution in [0.4, 0.5) is 0 Å². The molecule has 0 amide bonds. The molecule has 1 unspecified atom stereocenters. The van der Waals surface area contributed by atoms with Gasteiger partial charge in [-0.15, -0.1) is 0 Å². The van der Waals surface area contributed by atoms with E-state index in [4.69, 9.17) is 4.74 Å². The van der Waals surface area contributed by atoms with Crippen LogP contribution in [0.1, 0.15) is 11.1 Å². The first-order chi connectivity index (χ1) is 13.3. The van der Waals surface area contributed by atoms with E-state index in [9.17, 15) is 5.11 Å². The molecule has 1 aromatic heterocycles. The molecule has 27 heavy (non-hydrogen) atoms. The zero-order chi connectivity index (χ0) is 18.5. The molecule has 1 N–H and O–H groups in total. The van der Waals surface area contributed by atoms with E-state index in [1.54, 1.807) is 12.4 Å². The van der Waals surface area contributed by atoms with E-state index in [0.29, 0.717) is 6.54 Å². The molecule has 0 saturated heterocycles. The van der Waals surface area contributed by atoms with Crippen LogP contribution in [0, 0.1) is 0 Å². The molecule has 0 aliphatic carbocycles. The summed E-state index contributed by atoms with van der Waals surface area (Å²) in [4.78, 5) is 10.4. The smallest absolute Gasteiger partial charge is 0.120 e. The van der Waals surface area contributed by atoms with Crippen molar-refractivity contribution in [2.45, 2.75) is 19.1 Å². The minimum absolute atomic E-state index is 0.271. The molecule has 5 heteroatoms. The average molecular weight is 361 g/mol. The van der Waals surface area contributed by atoms with Crippen molar-refractivity contribution >= 4 is 0 Å². The summed E-state index contributed by atoms with van der Waals surface area (Å²) in [6, 6.07) is 16.3. The zero-order valence-corrected chi connectivity index (χ0v) is 15.2. The van der Waals surface area contributed by atoms with Crippen LogP contribution in [0.5, 0.6) is 5.75 Å². The van der Waals surface area contributed by atoms with E-state index in [-0.39, 0.29) is 6.61 Å². The van der Waals surface area contributed by atoms with Gasteiger partial charge in [0, 0.05) is 37.6 Å². The Bertz CT molecular complexity index is 885. The van der Waals surface area contributed by atoms with Crippen molar-refractivity contribution in [1.82, 2.24) is 14.9 Å². The van der Waals surface area contributed by atoms with E-state index in [1.165, 1.54) is 17.5 Å². The molecule has 1 aliphatic heterocycles. The van der Waals surface area contributed by atoms with Crippen LogP contribution in [0.15, 0.2) is 67.3 Å². The highest BCUT2D eigenvalue weighted by molar-refractivity contribution is 5.63. The van der Waals surface area contributed by atoms with Crippen molar-refractivity contribution in [3.63, 3.8) is 0 Å². The van der Waals surface area contributed by atoms with Gasteiger partial charge in [0.05, 0.1) is 0 Å². The minimum Gasteiger partial charge on any atom is -0.491 e. The third-order valence-electron chi connectivity index (χ3n) is 4.85. The maximum Gasteiger partial charge on any atom is 0.120 e. The maximum atomic E-state index is 10.4. The van der Waals surface area contributed by atoms with E-state index in [1.807, 2.05) is 24.3 Å². The second kappa shape index (κ2) is 8.29. The van der Waals surface area contributed by atoms with E-state index < -0.39 is 6.10 Å². The topological polar surface area (TPSA) is 58.5 Å². The monoisotopic (exact) mass is 361 g/mol. The van der Waals surface area contributed by atoms with E-state index in [0.717, 1.165) is 36.4 Å². The summed E-state index contributed by atoms with van der Waals surface area (Å²) in [6.45, 7) is 2.74. The number of β-amino-alcohol motifs (C(OH)–C–C–N with tert-alkyl or cyclic N) is 1. The molecule has 138 valence electrons. The van der Waals surface area contributed by atoms with Crippen LogP contribution in [-0.2, 0) is 13.0 Å². The Labute approximate surface area is 159 Å². The highest BCUT2D eigenvalue weighted by Crippen LogP contribution is 2.23. The molecule has 0 bridgehead atoms. The van der Waals surface area contributed by atoms with Crippen LogP contribution in [0.25, 0.3) is 11.1 Å². The molecular weight excluding hydrogens is 338 g/mol. The number of nitrogens with zero attached hydrogens (tertiary/aromatic N) is 3. The van der Waals surface area contributed by atoms with Crippen LogP contribution in [0.3, 0.4) is 0 Å². The van der Waals surface area contributed by atoms with Crippen molar-refractivity contribution < 1.29 is 9.84 Å². The van der Waals surface area contributed by atoms with Crippen molar-refractivity contribution in [1.29, 1.82) is 0 Å². The standard InChI is InChI=1S/C22H23N3O2/c26-21(14-25-9-8-17-4-1-2-5-19(17)13-25)15-27-22-7-3-6-18(10-22)20-11-23-16-24-12-20/h1-7,10-12,16,21,26H,8-9,13-15H2. The van der Waals surface area contributed by atoms with Gasteiger partial charge in [-0.05, 0) is 35.2 Å².